The average Bonchev–Trinajstić information content (AvgIpc) is 2.04. The molecule has 6 heteroatoms. The Bertz CT molecular complexity index is 167. The van der Waals surface area contributed by atoms with Crippen molar-refractivity contribution < 1.29 is 50.3 Å². The number of rotatable bonds is 4. The third-order valence-electron chi connectivity index (χ3n) is 0.988. The fourth-order valence-corrected chi connectivity index (χ4v) is 1.90. The quantitative estimate of drug-likeness (QED) is 0.562. The average molecular weight is 392 g/mol. The van der Waals surface area contributed by atoms with Crippen LogP contribution in [0.4, 0.5) is 0 Å². The standard InChI is InChI=1S/C6H11O3.C2H4O2.Hg/c1-3-9-6(7)4-5-8-2;1-2(3)4;/h4H,3,5H2,1-2H3;1H3,(H,3,4);. The maximum atomic E-state index is 10.9. The Morgan fingerprint density at radius 3 is 2.21 bits per heavy atom. The van der Waals surface area contributed by atoms with Gasteiger partial charge in [0.2, 0.25) is 0 Å². The summed E-state index contributed by atoms with van der Waals surface area (Å²) in [4.78, 5) is 19.9. The Balaban J connectivity index is 0. The number of hydrogen-bond donors (Lipinski definition) is 1. The summed E-state index contributed by atoms with van der Waals surface area (Å²) in [6, 6.07) is 0. The van der Waals surface area contributed by atoms with Gasteiger partial charge in [-0.2, -0.15) is 0 Å². The molecule has 0 amide bonds. The number of ether oxygens (including phenoxy) is 2. The molecule has 0 bridgehead atoms. The van der Waals surface area contributed by atoms with Crippen LogP contribution < -0.4 is 0 Å². The SMILES string of the molecule is CC(=O)O.CCOC(=O)[CH]([Hg])COC. The zero-order chi connectivity index (χ0) is 11.6. The summed E-state index contributed by atoms with van der Waals surface area (Å²) in [6.07, 6.45) is 0. The van der Waals surface area contributed by atoms with Crippen molar-refractivity contribution in [2.75, 3.05) is 20.3 Å². The molecule has 0 saturated carbocycles. The van der Waals surface area contributed by atoms with E-state index >= 15 is 0 Å². The van der Waals surface area contributed by atoms with Gasteiger partial charge in [0.05, 0.1) is 0 Å². The van der Waals surface area contributed by atoms with Gasteiger partial charge in [-0.1, -0.05) is 0 Å². The van der Waals surface area contributed by atoms with Gasteiger partial charge in [-0.05, 0) is 0 Å². The van der Waals surface area contributed by atoms with Gasteiger partial charge in [-0.25, -0.2) is 0 Å². The van der Waals surface area contributed by atoms with E-state index in [0.717, 1.165) is 6.92 Å². The van der Waals surface area contributed by atoms with E-state index in [0.29, 0.717) is 39.3 Å². The van der Waals surface area contributed by atoms with E-state index in [1.807, 2.05) is 6.92 Å². The Morgan fingerprint density at radius 1 is 1.50 bits per heavy atom. The van der Waals surface area contributed by atoms with Gasteiger partial charge in [0, 0.05) is 6.92 Å². The minimum atomic E-state index is -0.833. The molecule has 1 unspecified atom stereocenters. The van der Waals surface area contributed by atoms with E-state index < -0.39 is 5.97 Å². The van der Waals surface area contributed by atoms with E-state index in [-0.39, 0.29) is 9.40 Å². The molecule has 0 aliphatic carbocycles. The van der Waals surface area contributed by atoms with Crippen LogP contribution in [0.5, 0.6) is 0 Å². The summed E-state index contributed by atoms with van der Waals surface area (Å²) in [5.41, 5.74) is 0. The number of carboxylic acid groups (broad SMARTS) is 1. The number of carbonyl (C=O) groups excluding carboxylic acids is 1. The van der Waals surface area contributed by atoms with Crippen LogP contribution in [-0.4, -0.2) is 37.4 Å². The number of carboxylic acids is 1. The third-order valence-corrected chi connectivity index (χ3v) is 3.20. The van der Waals surface area contributed by atoms with Crippen molar-refractivity contribution in [3.8, 4) is 0 Å². The van der Waals surface area contributed by atoms with Crippen LogP contribution in [0.15, 0.2) is 0 Å². The predicted octanol–water partition coefficient (Wildman–Crippen LogP) is 0.622. The van der Waals surface area contributed by atoms with Crippen LogP contribution in [0.3, 0.4) is 0 Å². The van der Waals surface area contributed by atoms with Crippen molar-refractivity contribution in [3.05, 3.63) is 0 Å². The second kappa shape index (κ2) is 10.9. The van der Waals surface area contributed by atoms with Crippen molar-refractivity contribution in [2.45, 2.75) is 17.3 Å². The molecule has 0 aromatic heterocycles. The van der Waals surface area contributed by atoms with Crippen molar-refractivity contribution in [2.24, 2.45) is 0 Å². The van der Waals surface area contributed by atoms with Gasteiger partial charge >= 0.3 is 77.0 Å². The van der Waals surface area contributed by atoms with Crippen molar-refractivity contribution in [1.29, 1.82) is 0 Å². The molecular formula is C8H15HgO5. The molecule has 1 N–H and O–H groups in total. The molecule has 0 aliphatic rings. The number of hydrogen-bond acceptors (Lipinski definition) is 4. The fourth-order valence-electron chi connectivity index (χ4n) is 0.529. The molecule has 79 valence electrons. The van der Waals surface area contributed by atoms with Crippen LogP contribution in [0.2, 0.25) is 3.43 Å². The molecule has 0 aromatic carbocycles. The summed E-state index contributed by atoms with van der Waals surface area (Å²) in [6.45, 7) is 3.88. The van der Waals surface area contributed by atoms with E-state index in [1.165, 1.54) is 0 Å². The minimum absolute atomic E-state index is 0.0462. The van der Waals surface area contributed by atoms with Gasteiger partial charge < -0.3 is 5.11 Å². The molecule has 0 aromatic rings. The summed E-state index contributed by atoms with van der Waals surface area (Å²) in [7, 11) is 1.60. The first-order valence-corrected chi connectivity index (χ1v) is 7.31. The van der Waals surface area contributed by atoms with Crippen LogP contribution >= 0.6 is 0 Å². The van der Waals surface area contributed by atoms with Crippen molar-refractivity contribution >= 4 is 11.9 Å². The molecule has 0 aliphatic heterocycles. The van der Waals surface area contributed by atoms with Crippen LogP contribution in [0.1, 0.15) is 13.8 Å². The van der Waals surface area contributed by atoms with Crippen LogP contribution in [0, 0.1) is 0 Å². The van der Waals surface area contributed by atoms with E-state index in [1.54, 1.807) is 7.11 Å². The number of carbonyl (C=O) groups is 2. The van der Waals surface area contributed by atoms with Gasteiger partial charge in [0.25, 0.3) is 5.97 Å². The van der Waals surface area contributed by atoms with Gasteiger partial charge in [-0.3, -0.25) is 4.79 Å². The topological polar surface area (TPSA) is 72.8 Å². The molecule has 0 radical (unpaired) electrons. The maximum absolute atomic E-state index is 10.9. The normalized spacial score (nSPS) is 10.9. The molecular weight excluding hydrogens is 377 g/mol. The first-order valence-electron chi connectivity index (χ1n) is 4.13. The molecule has 1 atom stereocenters. The Hall–Kier alpha value is -0.165. The first kappa shape index (κ1) is 16.3. The third kappa shape index (κ3) is 14.4. The molecule has 0 rings (SSSR count). The van der Waals surface area contributed by atoms with Gasteiger partial charge in [-0.15, -0.1) is 0 Å². The van der Waals surface area contributed by atoms with Crippen LogP contribution in [-0.2, 0) is 45.2 Å². The summed E-state index contributed by atoms with van der Waals surface area (Å²) in [5, 5.41) is 7.42. The first-order chi connectivity index (χ1) is 6.45. The van der Waals surface area contributed by atoms with E-state index in [4.69, 9.17) is 19.4 Å². The fraction of sp³-hybridized carbons (Fsp3) is 0.750. The molecule has 0 fully saturated rings. The molecule has 0 spiro atoms. The summed E-state index contributed by atoms with van der Waals surface area (Å²) >= 11 is 0.405. The predicted molar refractivity (Wildman–Crippen MR) is 45.6 cm³/mol. The van der Waals surface area contributed by atoms with Crippen LogP contribution in [0.25, 0.3) is 0 Å². The summed E-state index contributed by atoms with van der Waals surface area (Å²) < 4.78 is 9.65. The van der Waals surface area contributed by atoms with E-state index in [9.17, 15) is 4.79 Å². The second-order valence-corrected chi connectivity index (χ2v) is 6.25. The number of methoxy groups -OCH3 is 1. The summed E-state index contributed by atoms with van der Waals surface area (Å²) in [5.74, 6) is -0.937. The second-order valence-electron chi connectivity index (χ2n) is 2.42. The van der Waals surface area contributed by atoms with Crippen molar-refractivity contribution in [3.63, 3.8) is 0 Å². The van der Waals surface area contributed by atoms with E-state index in [2.05, 4.69) is 0 Å². The number of aliphatic carboxylic acids is 1. The molecule has 14 heavy (non-hydrogen) atoms. The monoisotopic (exact) mass is 393 g/mol. The molecule has 0 saturated heterocycles. The van der Waals surface area contributed by atoms with Gasteiger partial charge in [0.15, 0.2) is 0 Å². The number of esters is 1. The molecule has 5 nitrogen and oxygen atoms in total. The van der Waals surface area contributed by atoms with Crippen molar-refractivity contribution in [1.82, 2.24) is 0 Å². The Kier molecular flexibility index (Phi) is 12.7. The zero-order valence-electron chi connectivity index (χ0n) is 8.78. The van der Waals surface area contributed by atoms with Gasteiger partial charge in [0.1, 0.15) is 0 Å². The Labute approximate surface area is 99.7 Å². The zero-order valence-corrected chi connectivity index (χ0v) is 14.3. The molecule has 0 heterocycles. The Morgan fingerprint density at radius 2 is 1.93 bits per heavy atom.